The number of aliphatic hydroxyl groups excluding tert-OH is 1. The molecule has 2 aromatic rings. The van der Waals surface area contributed by atoms with Crippen LogP contribution in [0, 0.1) is 5.92 Å². The Kier molecular flexibility index (Phi) is 9.28. The minimum atomic E-state index is 0.0312. The lowest BCUT2D eigenvalue weighted by Crippen LogP contribution is -2.17. The van der Waals surface area contributed by atoms with Crippen LogP contribution in [0.1, 0.15) is 96.6 Å². The molecule has 0 radical (unpaired) electrons. The predicted molar refractivity (Wildman–Crippen MR) is 147 cm³/mol. The van der Waals surface area contributed by atoms with Crippen molar-refractivity contribution in [3.63, 3.8) is 0 Å². The van der Waals surface area contributed by atoms with Gasteiger partial charge in [0.2, 0.25) is 0 Å². The third-order valence-corrected chi connectivity index (χ3v) is 7.07. The van der Waals surface area contributed by atoms with Crippen LogP contribution in [0.5, 0.6) is 5.75 Å². The van der Waals surface area contributed by atoms with Crippen LogP contribution in [0.25, 0.3) is 5.57 Å². The Labute approximate surface area is 217 Å². The second-order valence-corrected chi connectivity index (χ2v) is 11.8. The second kappa shape index (κ2) is 11.8. The summed E-state index contributed by atoms with van der Waals surface area (Å²) >= 11 is 6.48. The second-order valence-electron chi connectivity index (χ2n) is 11.4. The maximum atomic E-state index is 9.72. The topological polar surface area (TPSA) is 47.3 Å². The predicted octanol–water partition coefficient (Wildman–Crippen LogP) is 7.84. The molecule has 0 aliphatic heterocycles. The van der Waals surface area contributed by atoms with E-state index in [1.165, 1.54) is 16.7 Å². The SMILES string of the molecule is CC(C)Oc1ccc(C(C)C[C@H](CCO)CC2=CC=C(c3cn(C)c(C(C)(C)C)n3)CC2)cc1Cl. The number of rotatable bonds is 10. The van der Waals surface area contributed by atoms with Crippen LogP contribution < -0.4 is 4.74 Å². The Hall–Kier alpha value is -2.04. The zero-order chi connectivity index (χ0) is 25.8. The number of allylic oxidation sites excluding steroid dienone is 4. The normalized spacial score (nSPS) is 16.2. The summed E-state index contributed by atoms with van der Waals surface area (Å²) < 4.78 is 7.94. The first-order chi connectivity index (χ1) is 16.5. The highest BCUT2D eigenvalue weighted by molar-refractivity contribution is 6.32. The molecule has 0 saturated heterocycles. The van der Waals surface area contributed by atoms with E-state index in [0.29, 0.717) is 16.9 Å². The third-order valence-electron chi connectivity index (χ3n) is 6.77. The number of halogens is 1. The quantitative estimate of drug-likeness (QED) is 0.362. The molecule has 1 heterocycles. The van der Waals surface area contributed by atoms with Crippen molar-refractivity contribution in [1.82, 2.24) is 9.55 Å². The van der Waals surface area contributed by atoms with Crippen LogP contribution in [0.3, 0.4) is 0 Å². The van der Waals surface area contributed by atoms with Crippen LogP contribution in [-0.4, -0.2) is 27.4 Å². The fourth-order valence-electron chi connectivity index (χ4n) is 5.05. The number of imidazole rings is 1. The molecule has 1 N–H and O–H groups in total. The van der Waals surface area contributed by atoms with Crippen molar-refractivity contribution in [2.24, 2.45) is 13.0 Å². The van der Waals surface area contributed by atoms with E-state index < -0.39 is 0 Å². The van der Waals surface area contributed by atoms with Gasteiger partial charge in [-0.25, -0.2) is 4.98 Å². The monoisotopic (exact) mass is 498 g/mol. The van der Waals surface area contributed by atoms with E-state index in [1.807, 2.05) is 26.0 Å². The van der Waals surface area contributed by atoms with Gasteiger partial charge in [-0.1, -0.05) is 63.1 Å². The molecule has 1 aliphatic rings. The number of hydrogen-bond acceptors (Lipinski definition) is 3. The van der Waals surface area contributed by atoms with Gasteiger partial charge in [-0.15, -0.1) is 0 Å². The van der Waals surface area contributed by atoms with E-state index in [4.69, 9.17) is 21.3 Å². The Morgan fingerprint density at radius 3 is 2.43 bits per heavy atom. The Bertz CT molecular complexity index is 1060. The van der Waals surface area contributed by atoms with Crippen LogP contribution >= 0.6 is 11.6 Å². The van der Waals surface area contributed by atoms with E-state index in [0.717, 1.165) is 49.4 Å². The number of aromatic nitrogens is 2. The lowest BCUT2D eigenvalue weighted by atomic mass is 9.82. The first kappa shape index (κ1) is 27.5. The maximum Gasteiger partial charge on any atom is 0.138 e. The van der Waals surface area contributed by atoms with Crippen molar-refractivity contribution in [3.05, 3.63) is 64.2 Å². The van der Waals surface area contributed by atoms with Gasteiger partial charge in [-0.3, -0.25) is 0 Å². The van der Waals surface area contributed by atoms with Gasteiger partial charge in [0.25, 0.3) is 0 Å². The zero-order valence-electron chi connectivity index (χ0n) is 22.6. The standard InChI is InChI=1S/C30H43ClN2O2/c1-20(2)35-28-13-12-25(18-26(28)31)21(3)16-23(14-15-34)17-22-8-10-24(11-9-22)27-19-33(7)29(32-27)30(4,5)6/h8,10,12-13,18-21,23,34H,9,11,14-17H2,1-7H3/t21?,23-/m0/s1. The summed E-state index contributed by atoms with van der Waals surface area (Å²) in [4.78, 5) is 4.93. The van der Waals surface area contributed by atoms with Gasteiger partial charge < -0.3 is 14.4 Å². The highest BCUT2D eigenvalue weighted by Crippen LogP contribution is 2.36. The van der Waals surface area contributed by atoms with Crippen LogP contribution in [0.4, 0.5) is 0 Å². The van der Waals surface area contributed by atoms with Crippen molar-refractivity contribution < 1.29 is 9.84 Å². The molecule has 1 aromatic heterocycles. The summed E-state index contributed by atoms with van der Waals surface area (Å²) in [5.41, 5.74) is 5.12. The Balaban J connectivity index is 1.67. The van der Waals surface area contributed by atoms with Crippen molar-refractivity contribution in [2.75, 3.05) is 6.61 Å². The van der Waals surface area contributed by atoms with Crippen molar-refractivity contribution in [3.8, 4) is 5.75 Å². The van der Waals surface area contributed by atoms with Crippen molar-refractivity contribution >= 4 is 17.2 Å². The minimum Gasteiger partial charge on any atom is -0.489 e. The van der Waals surface area contributed by atoms with Crippen molar-refractivity contribution in [1.29, 1.82) is 0 Å². The van der Waals surface area contributed by atoms with Crippen molar-refractivity contribution in [2.45, 2.75) is 91.1 Å². The van der Waals surface area contributed by atoms with Gasteiger partial charge in [0.1, 0.15) is 11.6 Å². The maximum absolute atomic E-state index is 9.72. The minimum absolute atomic E-state index is 0.0312. The molecule has 2 atom stereocenters. The van der Waals surface area contributed by atoms with Gasteiger partial charge in [0, 0.05) is 25.3 Å². The average molecular weight is 499 g/mol. The molecular formula is C30H43ClN2O2. The van der Waals surface area contributed by atoms with E-state index in [1.54, 1.807) is 0 Å². The summed E-state index contributed by atoms with van der Waals surface area (Å²) in [5.74, 6) is 2.65. The largest absolute Gasteiger partial charge is 0.489 e. The summed E-state index contributed by atoms with van der Waals surface area (Å²) in [6.45, 7) is 13.1. The number of nitrogens with zero attached hydrogens (tertiary/aromatic N) is 2. The van der Waals surface area contributed by atoms with Gasteiger partial charge >= 0.3 is 0 Å². The van der Waals surface area contributed by atoms with Gasteiger partial charge in [-0.2, -0.15) is 0 Å². The van der Waals surface area contributed by atoms with E-state index in [9.17, 15) is 5.11 Å². The molecular weight excluding hydrogens is 456 g/mol. The molecule has 35 heavy (non-hydrogen) atoms. The summed E-state index contributed by atoms with van der Waals surface area (Å²) in [6, 6.07) is 6.14. The molecule has 3 rings (SSSR count). The molecule has 5 heteroatoms. The number of aliphatic hydroxyl groups is 1. The molecule has 0 bridgehead atoms. The molecule has 4 nitrogen and oxygen atoms in total. The summed E-state index contributed by atoms with van der Waals surface area (Å²) in [5, 5.41) is 10.4. The van der Waals surface area contributed by atoms with Gasteiger partial charge in [-0.05, 0) is 81.1 Å². The lowest BCUT2D eigenvalue weighted by Gasteiger charge is -2.24. The first-order valence-electron chi connectivity index (χ1n) is 13.0. The van der Waals surface area contributed by atoms with Gasteiger partial charge in [0.05, 0.1) is 16.8 Å². The molecule has 1 aromatic carbocycles. The highest BCUT2D eigenvalue weighted by Gasteiger charge is 2.23. The molecule has 0 amide bonds. The Morgan fingerprint density at radius 1 is 1.14 bits per heavy atom. The van der Waals surface area contributed by atoms with Crippen LogP contribution in [0.2, 0.25) is 5.02 Å². The fourth-order valence-corrected chi connectivity index (χ4v) is 5.28. The zero-order valence-corrected chi connectivity index (χ0v) is 23.3. The third kappa shape index (κ3) is 7.47. The first-order valence-corrected chi connectivity index (χ1v) is 13.4. The summed E-state index contributed by atoms with van der Waals surface area (Å²) in [6.07, 6.45) is 11.7. The molecule has 192 valence electrons. The summed E-state index contributed by atoms with van der Waals surface area (Å²) in [7, 11) is 2.08. The highest BCUT2D eigenvalue weighted by atomic mass is 35.5. The molecule has 1 unspecified atom stereocenters. The molecule has 0 spiro atoms. The van der Waals surface area contributed by atoms with E-state index in [2.05, 4.69) is 63.7 Å². The molecule has 1 aliphatic carbocycles. The fraction of sp³-hybridized carbons (Fsp3) is 0.567. The van der Waals surface area contributed by atoms with Crippen LogP contribution in [-0.2, 0) is 12.5 Å². The number of aryl methyl sites for hydroxylation is 1. The van der Waals surface area contributed by atoms with Gasteiger partial charge in [0.15, 0.2) is 0 Å². The number of ether oxygens (including phenoxy) is 1. The molecule has 0 fully saturated rings. The van der Waals surface area contributed by atoms with E-state index >= 15 is 0 Å². The van der Waals surface area contributed by atoms with Crippen LogP contribution in [0.15, 0.2) is 42.1 Å². The van der Waals surface area contributed by atoms with E-state index in [-0.39, 0.29) is 18.1 Å². The smallest absolute Gasteiger partial charge is 0.138 e. The average Bonchev–Trinajstić information content (AvgIpc) is 3.17. The number of benzene rings is 1. The Morgan fingerprint density at radius 2 is 1.89 bits per heavy atom. The molecule has 0 saturated carbocycles. The number of hydrogen-bond donors (Lipinski definition) is 1. The lowest BCUT2D eigenvalue weighted by molar-refractivity contribution is 0.242.